The second-order valence-electron chi connectivity index (χ2n) is 13.9. The third-order valence-corrected chi connectivity index (χ3v) is 11.2. The molecule has 5 N–H and O–H groups in total. The molecule has 0 aliphatic carbocycles. The van der Waals surface area contributed by atoms with Crippen molar-refractivity contribution >= 4 is 61.0 Å². The van der Waals surface area contributed by atoms with Gasteiger partial charge in [-0.1, -0.05) is 97.1 Å². The van der Waals surface area contributed by atoms with Crippen LogP contribution < -0.4 is 21.1 Å². The molecule has 0 spiro atoms. The fraction of sp³-hybridized carbons (Fsp3) is 0.0638. The van der Waals surface area contributed by atoms with Crippen molar-refractivity contribution in [3.05, 3.63) is 181 Å². The number of aromatic nitrogens is 7. The zero-order chi connectivity index (χ0) is 43.6. The minimum Gasteiger partial charge on any atom is -0.369 e. The average molecular weight is 872 g/mol. The first-order valence-electron chi connectivity index (χ1n) is 19.6. The molecular weight excluding hydrogens is 834 g/mol. The number of nitrogens with zero attached hydrogens (tertiary/aromatic N) is 7. The molecule has 4 aromatic carbocycles. The molecule has 0 radical (unpaired) electrons. The van der Waals surface area contributed by atoms with E-state index in [1.807, 2.05) is 115 Å². The van der Waals surface area contributed by atoms with Gasteiger partial charge in [0.25, 0.3) is 0 Å². The van der Waals surface area contributed by atoms with Crippen LogP contribution in [0.15, 0.2) is 169 Å². The number of amides is 1. The molecule has 9 aromatic rings. The first-order valence-corrected chi connectivity index (χ1v) is 21.5. The molecule has 16 heteroatoms. The number of pyridine rings is 3. The normalized spacial score (nSPS) is 11.1. The van der Waals surface area contributed by atoms with Crippen LogP contribution in [-0.2, 0) is 27.9 Å². The van der Waals surface area contributed by atoms with E-state index in [-0.39, 0.29) is 16.0 Å². The van der Waals surface area contributed by atoms with Crippen LogP contribution in [0.25, 0.3) is 55.4 Å². The number of halogens is 1. The van der Waals surface area contributed by atoms with Gasteiger partial charge in [-0.25, -0.2) is 33.1 Å². The summed E-state index contributed by atoms with van der Waals surface area (Å²) in [6.07, 6.45) is 6.16. The number of anilines is 2. The van der Waals surface area contributed by atoms with Crippen molar-refractivity contribution < 1.29 is 13.2 Å². The maximum atomic E-state index is 12.6. The van der Waals surface area contributed by atoms with Crippen LogP contribution in [0, 0.1) is 0 Å². The smallest absolute Gasteiger partial charge is 0.242 e. The Hall–Kier alpha value is -7.72. The summed E-state index contributed by atoms with van der Waals surface area (Å²) in [6.45, 7) is 0.453. The predicted molar refractivity (Wildman–Crippen MR) is 246 cm³/mol. The molecule has 0 saturated carbocycles. The van der Waals surface area contributed by atoms with E-state index in [1.54, 1.807) is 12.4 Å². The van der Waals surface area contributed by atoms with Crippen molar-refractivity contribution in [1.29, 1.82) is 0 Å². The Bertz CT molecular complexity index is 3130. The first-order chi connectivity index (χ1) is 30.7. The largest absolute Gasteiger partial charge is 0.369 e. The molecule has 0 aliphatic heterocycles. The molecule has 0 fully saturated rings. The van der Waals surface area contributed by atoms with Crippen LogP contribution in [0.3, 0.4) is 0 Å². The van der Waals surface area contributed by atoms with E-state index in [0.29, 0.717) is 35.8 Å². The summed E-state index contributed by atoms with van der Waals surface area (Å²) < 4.78 is 27.4. The fourth-order valence-electron chi connectivity index (χ4n) is 6.73. The molecule has 9 rings (SSSR count). The third-order valence-electron chi connectivity index (χ3n) is 9.63. The van der Waals surface area contributed by atoms with Gasteiger partial charge < -0.3 is 16.4 Å². The highest BCUT2D eigenvalue weighted by molar-refractivity contribution is 7.89. The number of nitrogens with one attached hydrogen (secondary N) is 3. The van der Waals surface area contributed by atoms with Crippen molar-refractivity contribution in [3.8, 4) is 33.6 Å². The summed E-state index contributed by atoms with van der Waals surface area (Å²) in [5.41, 5.74) is 12.8. The monoisotopic (exact) mass is 871 g/mol. The summed E-state index contributed by atoms with van der Waals surface area (Å²) >= 11 is 6.13. The molecule has 1 amide bonds. The van der Waals surface area contributed by atoms with Crippen LogP contribution in [0.5, 0.6) is 0 Å². The minimum atomic E-state index is -4.02. The fourth-order valence-corrected chi connectivity index (χ4v) is 7.89. The Morgan fingerprint density at radius 1 is 0.587 bits per heavy atom. The molecule has 0 unspecified atom stereocenters. The van der Waals surface area contributed by atoms with Gasteiger partial charge in [0.2, 0.25) is 21.2 Å². The number of carbonyl (C=O) groups is 1. The van der Waals surface area contributed by atoms with Gasteiger partial charge in [0.15, 0.2) is 5.82 Å². The minimum absolute atomic E-state index is 0.138. The molecule has 5 heterocycles. The number of hydrogen-bond acceptors (Lipinski definition) is 12. The SMILES string of the molecule is Clc1nc(NCc2ccccn2)c2c(-c3ccccc3)cccc2n1.NC(=O)CNS(=O)(=O)c1cncc(-c2nc(NCc3ccccn3)c3c(-c4ccccc4)cccc3n2)c1. The standard InChI is InChI=1S/C27H23N7O3S.C20H15ClN4/c28-24(35)17-32-38(36,37)21-13-19(14-29-16-21)26-33-23-11-6-10-22(18-7-2-1-3-8-18)25(23)27(34-26)31-15-20-9-4-5-12-30-20;21-20-24-17-11-6-10-16(14-7-2-1-3-8-14)18(17)19(25-20)23-13-15-9-4-5-12-22-15/h1-14,16,32H,15,17H2,(H2,28,35)(H,31,33,34);1-12H,13H2,(H,23,24,25). The number of hydrogen-bond donors (Lipinski definition) is 4. The van der Waals surface area contributed by atoms with Crippen LogP contribution in [0.2, 0.25) is 5.28 Å². The van der Waals surface area contributed by atoms with E-state index >= 15 is 0 Å². The lowest BCUT2D eigenvalue weighted by molar-refractivity contribution is -0.116. The van der Waals surface area contributed by atoms with Gasteiger partial charge in [-0.05, 0) is 76.3 Å². The van der Waals surface area contributed by atoms with Gasteiger partial charge in [0.1, 0.15) is 16.5 Å². The van der Waals surface area contributed by atoms with Gasteiger partial charge in [-0.15, -0.1) is 0 Å². The van der Waals surface area contributed by atoms with E-state index in [1.165, 1.54) is 18.5 Å². The molecule has 63 heavy (non-hydrogen) atoms. The molecule has 5 aromatic heterocycles. The van der Waals surface area contributed by atoms with Crippen LogP contribution in [0.4, 0.5) is 11.6 Å². The van der Waals surface area contributed by atoms with Gasteiger partial charge in [-0.2, -0.15) is 0 Å². The maximum absolute atomic E-state index is 12.6. The van der Waals surface area contributed by atoms with Crippen molar-refractivity contribution in [1.82, 2.24) is 39.6 Å². The third kappa shape index (κ3) is 10.3. The quantitative estimate of drug-likeness (QED) is 0.0812. The van der Waals surface area contributed by atoms with Gasteiger partial charge >= 0.3 is 0 Å². The number of carbonyl (C=O) groups excluding carboxylic acids is 1. The molecule has 0 bridgehead atoms. The summed E-state index contributed by atoms with van der Waals surface area (Å²) in [5.74, 6) is 0.759. The average Bonchev–Trinajstić information content (AvgIpc) is 3.32. The van der Waals surface area contributed by atoms with Crippen molar-refractivity contribution in [2.24, 2.45) is 5.73 Å². The zero-order valence-electron chi connectivity index (χ0n) is 33.4. The Morgan fingerprint density at radius 2 is 1.13 bits per heavy atom. The Labute approximate surface area is 367 Å². The highest BCUT2D eigenvalue weighted by atomic mass is 35.5. The summed E-state index contributed by atoms with van der Waals surface area (Å²) in [7, 11) is -4.02. The van der Waals surface area contributed by atoms with Crippen molar-refractivity contribution in [2.45, 2.75) is 18.0 Å². The molecule has 0 aliphatic rings. The Kier molecular flexibility index (Phi) is 12.9. The number of rotatable bonds is 13. The molecule has 14 nitrogen and oxygen atoms in total. The van der Waals surface area contributed by atoms with Crippen molar-refractivity contribution in [3.63, 3.8) is 0 Å². The molecule has 0 saturated heterocycles. The summed E-state index contributed by atoms with van der Waals surface area (Å²) in [6, 6.07) is 44.8. The number of benzene rings is 4. The topological polar surface area (TPSA) is 204 Å². The Morgan fingerprint density at radius 3 is 1.67 bits per heavy atom. The number of fused-ring (bicyclic) bond motifs is 2. The number of primary amides is 1. The predicted octanol–water partition coefficient (Wildman–Crippen LogP) is 8.09. The van der Waals surface area contributed by atoms with Crippen molar-refractivity contribution in [2.75, 3.05) is 17.2 Å². The lowest BCUT2D eigenvalue weighted by Crippen LogP contribution is -2.33. The summed E-state index contributed by atoms with van der Waals surface area (Å²) in [5, 5.41) is 8.74. The second kappa shape index (κ2) is 19.3. The highest BCUT2D eigenvalue weighted by Gasteiger charge is 2.19. The van der Waals surface area contributed by atoms with Crippen LogP contribution in [0.1, 0.15) is 11.4 Å². The summed E-state index contributed by atoms with van der Waals surface area (Å²) in [4.78, 5) is 42.1. The van der Waals surface area contributed by atoms with E-state index in [4.69, 9.17) is 27.3 Å². The first kappa shape index (κ1) is 42.0. The van der Waals surface area contributed by atoms with Crippen LogP contribution >= 0.6 is 11.6 Å². The van der Waals surface area contributed by atoms with E-state index in [0.717, 1.165) is 49.9 Å². The van der Waals surface area contributed by atoms with Gasteiger partial charge in [-0.3, -0.25) is 19.7 Å². The Balaban J connectivity index is 0.000000188. The van der Waals surface area contributed by atoms with E-state index in [2.05, 4.69) is 58.5 Å². The van der Waals surface area contributed by atoms with Gasteiger partial charge in [0, 0.05) is 30.4 Å². The highest BCUT2D eigenvalue weighted by Crippen LogP contribution is 2.35. The van der Waals surface area contributed by atoms with Crippen LogP contribution in [-0.4, -0.2) is 55.8 Å². The molecule has 0 atom stereocenters. The number of sulfonamides is 1. The van der Waals surface area contributed by atoms with E-state index in [9.17, 15) is 13.2 Å². The van der Waals surface area contributed by atoms with E-state index < -0.39 is 22.5 Å². The molecular formula is C47H38ClN11O3S. The second-order valence-corrected chi connectivity index (χ2v) is 16.0. The molecule has 312 valence electrons. The lowest BCUT2D eigenvalue weighted by atomic mass is 10.0. The zero-order valence-corrected chi connectivity index (χ0v) is 35.0. The van der Waals surface area contributed by atoms with Gasteiger partial charge in [0.05, 0.1) is 52.8 Å². The number of nitrogens with two attached hydrogens (primary N) is 1. The lowest BCUT2D eigenvalue weighted by Gasteiger charge is -2.14. The maximum Gasteiger partial charge on any atom is 0.242 e.